The summed E-state index contributed by atoms with van der Waals surface area (Å²) in [5.74, 6) is 0.658. The molecule has 0 aliphatic carbocycles. The molecule has 0 amide bonds. The second kappa shape index (κ2) is 6.99. The van der Waals surface area contributed by atoms with E-state index in [1.165, 1.54) is 5.56 Å². The van der Waals surface area contributed by atoms with Crippen LogP contribution in [0.15, 0.2) is 42.5 Å². The summed E-state index contributed by atoms with van der Waals surface area (Å²) in [6.45, 7) is 1.57. The molecule has 0 atom stereocenters. The van der Waals surface area contributed by atoms with Gasteiger partial charge in [-0.05, 0) is 43.4 Å². The van der Waals surface area contributed by atoms with Crippen molar-refractivity contribution >= 4 is 5.69 Å². The van der Waals surface area contributed by atoms with Gasteiger partial charge in [-0.2, -0.15) is 0 Å². The van der Waals surface area contributed by atoms with Gasteiger partial charge in [-0.3, -0.25) is 0 Å². The van der Waals surface area contributed by atoms with Crippen LogP contribution in [0.3, 0.4) is 0 Å². The van der Waals surface area contributed by atoms with Crippen LogP contribution in [0.4, 0.5) is 5.69 Å². The molecule has 0 bridgehead atoms. The molecule has 0 saturated heterocycles. The quantitative estimate of drug-likeness (QED) is 0.856. The molecular weight excluding hydrogens is 264 g/mol. The zero-order valence-electron chi connectivity index (χ0n) is 12.8. The van der Waals surface area contributed by atoms with Gasteiger partial charge in [0.2, 0.25) is 0 Å². The Morgan fingerprint density at radius 3 is 2.62 bits per heavy atom. The molecule has 4 nitrogen and oxygen atoms in total. The van der Waals surface area contributed by atoms with Crippen molar-refractivity contribution in [1.29, 1.82) is 0 Å². The van der Waals surface area contributed by atoms with E-state index < -0.39 is 0 Å². The van der Waals surface area contributed by atoms with Crippen molar-refractivity contribution in [2.45, 2.75) is 13.1 Å². The summed E-state index contributed by atoms with van der Waals surface area (Å²) in [5, 5.41) is 13.1. The number of phenols is 1. The molecule has 0 aliphatic heterocycles. The lowest BCUT2D eigenvalue weighted by molar-refractivity contribution is 0.373. The Morgan fingerprint density at radius 1 is 1.14 bits per heavy atom. The molecule has 112 valence electrons. The normalized spacial score (nSPS) is 10.7. The highest BCUT2D eigenvalue weighted by atomic mass is 16.5. The van der Waals surface area contributed by atoms with Gasteiger partial charge in [-0.25, -0.2) is 0 Å². The molecule has 0 radical (unpaired) electrons. The largest absolute Gasteiger partial charge is 0.504 e. The minimum absolute atomic E-state index is 0.161. The number of aromatic hydroxyl groups is 1. The van der Waals surface area contributed by atoms with Crippen molar-refractivity contribution < 1.29 is 9.84 Å². The van der Waals surface area contributed by atoms with Crippen LogP contribution >= 0.6 is 0 Å². The Labute approximate surface area is 126 Å². The Morgan fingerprint density at radius 2 is 1.90 bits per heavy atom. The number of para-hydroxylation sites is 1. The van der Waals surface area contributed by atoms with E-state index in [9.17, 15) is 5.11 Å². The van der Waals surface area contributed by atoms with E-state index in [0.29, 0.717) is 12.3 Å². The summed E-state index contributed by atoms with van der Waals surface area (Å²) in [6, 6.07) is 13.7. The van der Waals surface area contributed by atoms with Crippen molar-refractivity contribution in [3.05, 3.63) is 53.6 Å². The number of methoxy groups -OCH3 is 1. The number of phenolic OH excluding ortho intramolecular Hbond substituents is 1. The first kappa shape index (κ1) is 15.2. The number of nitrogens with one attached hydrogen (secondary N) is 1. The van der Waals surface area contributed by atoms with Gasteiger partial charge in [0.25, 0.3) is 0 Å². The van der Waals surface area contributed by atoms with Crippen molar-refractivity contribution in [2.75, 3.05) is 26.5 Å². The number of rotatable bonds is 6. The van der Waals surface area contributed by atoms with Crippen LogP contribution in [0.1, 0.15) is 11.1 Å². The number of benzene rings is 2. The lowest BCUT2D eigenvalue weighted by Gasteiger charge is -2.16. The van der Waals surface area contributed by atoms with E-state index in [1.807, 2.05) is 24.3 Å². The maximum Gasteiger partial charge on any atom is 0.160 e. The van der Waals surface area contributed by atoms with Crippen molar-refractivity contribution in [1.82, 2.24) is 4.90 Å². The zero-order valence-corrected chi connectivity index (χ0v) is 12.8. The number of ether oxygens (including phenoxy) is 1. The molecule has 2 N–H and O–H groups in total. The average molecular weight is 286 g/mol. The summed E-state index contributed by atoms with van der Waals surface area (Å²) >= 11 is 0. The summed E-state index contributed by atoms with van der Waals surface area (Å²) < 4.78 is 5.13. The average Bonchev–Trinajstić information content (AvgIpc) is 2.47. The van der Waals surface area contributed by atoms with Crippen LogP contribution in [0, 0.1) is 0 Å². The van der Waals surface area contributed by atoms with Crippen LogP contribution in [-0.2, 0) is 13.1 Å². The Hall–Kier alpha value is -2.20. The first-order chi connectivity index (χ1) is 10.1. The summed E-state index contributed by atoms with van der Waals surface area (Å²) in [5.41, 5.74) is 3.44. The van der Waals surface area contributed by atoms with E-state index in [4.69, 9.17) is 4.74 Å². The minimum Gasteiger partial charge on any atom is -0.504 e. The molecule has 0 heterocycles. The van der Waals surface area contributed by atoms with Crippen LogP contribution in [-0.4, -0.2) is 31.2 Å². The third-order valence-corrected chi connectivity index (χ3v) is 3.23. The van der Waals surface area contributed by atoms with E-state index in [0.717, 1.165) is 17.8 Å². The van der Waals surface area contributed by atoms with E-state index >= 15 is 0 Å². The van der Waals surface area contributed by atoms with Crippen LogP contribution in [0.2, 0.25) is 0 Å². The second-order valence-electron chi connectivity index (χ2n) is 5.25. The molecule has 0 aromatic heterocycles. The van der Waals surface area contributed by atoms with Gasteiger partial charge in [0.1, 0.15) is 0 Å². The van der Waals surface area contributed by atoms with Crippen molar-refractivity contribution in [3.63, 3.8) is 0 Å². The van der Waals surface area contributed by atoms with E-state index in [-0.39, 0.29) is 5.75 Å². The predicted octanol–water partition coefficient (Wildman–Crippen LogP) is 3.07. The lowest BCUT2D eigenvalue weighted by Crippen LogP contribution is -2.12. The third kappa shape index (κ3) is 4.13. The molecule has 21 heavy (non-hydrogen) atoms. The first-order valence-corrected chi connectivity index (χ1v) is 6.92. The maximum atomic E-state index is 9.61. The van der Waals surface area contributed by atoms with Gasteiger partial charge in [0, 0.05) is 18.8 Å². The van der Waals surface area contributed by atoms with Crippen LogP contribution in [0.25, 0.3) is 0 Å². The highest BCUT2D eigenvalue weighted by Gasteiger charge is 2.05. The number of nitrogens with zero attached hydrogens (tertiary/aromatic N) is 1. The predicted molar refractivity (Wildman–Crippen MR) is 85.8 cm³/mol. The molecule has 2 aromatic rings. The summed E-state index contributed by atoms with van der Waals surface area (Å²) in [6.07, 6.45) is 0. The maximum absolute atomic E-state index is 9.61. The molecule has 0 unspecified atom stereocenters. The van der Waals surface area contributed by atoms with Crippen molar-refractivity contribution in [2.24, 2.45) is 0 Å². The van der Waals surface area contributed by atoms with E-state index in [1.54, 1.807) is 13.2 Å². The molecule has 2 aromatic carbocycles. The van der Waals surface area contributed by atoms with Gasteiger partial charge < -0.3 is 20.1 Å². The summed E-state index contributed by atoms with van der Waals surface area (Å²) in [7, 11) is 5.67. The second-order valence-corrected chi connectivity index (χ2v) is 5.25. The van der Waals surface area contributed by atoms with Gasteiger partial charge >= 0.3 is 0 Å². The topological polar surface area (TPSA) is 44.7 Å². The van der Waals surface area contributed by atoms with Gasteiger partial charge in [-0.15, -0.1) is 0 Å². The number of hydrogen-bond donors (Lipinski definition) is 2. The van der Waals surface area contributed by atoms with Gasteiger partial charge in [-0.1, -0.05) is 24.3 Å². The molecular formula is C17H22N2O2. The molecule has 0 aliphatic rings. The van der Waals surface area contributed by atoms with Crippen molar-refractivity contribution in [3.8, 4) is 11.5 Å². The minimum atomic E-state index is 0.161. The molecule has 2 rings (SSSR count). The highest BCUT2D eigenvalue weighted by Crippen LogP contribution is 2.27. The SMILES string of the molecule is COc1cc(CNc2ccccc2CN(C)C)ccc1O. The van der Waals surface area contributed by atoms with E-state index in [2.05, 4.69) is 36.4 Å². The number of anilines is 1. The summed E-state index contributed by atoms with van der Waals surface area (Å²) in [4.78, 5) is 2.14. The number of hydrogen-bond acceptors (Lipinski definition) is 4. The smallest absolute Gasteiger partial charge is 0.160 e. The van der Waals surface area contributed by atoms with Crippen LogP contribution in [0.5, 0.6) is 11.5 Å². The Bertz CT molecular complexity index is 597. The monoisotopic (exact) mass is 286 g/mol. The molecule has 0 fully saturated rings. The fraction of sp³-hybridized carbons (Fsp3) is 0.294. The van der Waals surface area contributed by atoms with Crippen LogP contribution < -0.4 is 10.1 Å². The zero-order chi connectivity index (χ0) is 15.2. The van der Waals surface area contributed by atoms with Gasteiger partial charge in [0.15, 0.2) is 11.5 Å². The Kier molecular flexibility index (Phi) is 5.06. The molecule has 0 spiro atoms. The fourth-order valence-electron chi connectivity index (χ4n) is 2.20. The lowest BCUT2D eigenvalue weighted by atomic mass is 10.1. The van der Waals surface area contributed by atoms with Gasteiger partial charge in [0.05, 0.1) is 7.11 Å². The first-order valence-electron chi connectivity index (χ1n) is 6.92. The molecule has 4 heteroatoms. The standard InChI is InChI=1S/C17H22N2O2/c1-19(2)12-14-6-4-5-7-15(14)18-11-13-8-9-16(20)17(10-13)21-3/h4-10,18,20H,11-12H2,1-3H3. The third-order valence-electron chi connectivity index (χ3n) is 3.23. The highest BCUT2D eigenvalue weighted by molar-refractivity contribution is 5.52. The molecule has 0 saturated carbocycles. The Balaban J connectivity index is 2.09. The fourth-order valence-corrected chi connectivity index (χ4v) is 2.20.